The molecule has 3 aromatic heterocycles. The van der Waals surface area contributed by atoms with E-state index in [4.69, 9.17) is 0 Å². The molecule has 146 valence electrons. The van der Waals surface area contributed by atoms with Gasteiger partial charge in [-0.1, -0.05) is 6.07 Å². The highest BCUT2D eigenvalue weighted by atomic mass is 16.1. The molecule has 0 atom stereocenters. The molecule has 2 N–H and O–H groups in total. The van der Waals surface area contributed by atoms with Crippen molar-refractivity contribution in [3.8, 4) is 11.1 Å². The fourth-order valence-electron chi connectivity index (χ4n) is 4.18. The zero-order valence-corrected chi connectivity index (χ0v) is 16.3. The van der Waals surface area contributed by atoms with Gasteiger partial charge in [0, 0.05) is 42.7 Å². The lowest BCUT2D eigenvalue weighted by atomic mass is 9.74. The number of hydrogen-bond donors (Lipinski definition) is 2. The minimum atomic E-state index is -0.146. The number of anilines is 1. The second-order valence-electron chi connectivity index (χ2n) is 7.89. The van der Waals surface area contributed by atoms with E-state index in [9.17, 15) is 4.79 Å². The van der Waals surface area contributed by atoms with Gasteiger partial charge in [-0.15, -0.1) is 5.10 Å². The van der Waals surface area contributed by atoms with Crippen LogP contribution in [0.1, 0.15) is 26.7 Å². The Hall–Kier alpha value is -3.55. The molecule has 8 nitrogen and oxygen atoms in total. The maximum atomic E-state index is 11.3. The van der Waals surface area contributed by atoms with Gasteiger partial charge in [0.15, 0.2) is 0 Å². The lowest BCUT2D eigenvalue weighted by Crippen LogP contribution is -2.59. The monoisotopic (exact) mass is 387 g/mol. The SMILES string of the molecule is CC(=O)N[C@]1(C)C[C@@H](Nc2ncc3c(-c4ccc5nccnc5c4)ccn3n2)C1. The summed E-state index contributed by atoms with van der Waals surface area (Å²) in [5.74, 6) is 0.585. The van der Waals surface area contributed by atoms with E-state index in [1.165, 1.54) is 0 Å². The molecule has 1 fully saturated rings. The molecule has 5 rings (SSSR count). The molecule has 0 spiro atoms. The van der Waals surface area contributed by atoms with Crippen molar-refractivity contribution in [1.29, 1.82) is 0 Å². The summed E-state index contributed by atoms with van der Waals surface area (Å²) in [7, 11) is 0. The first-order chi connectivity index (χ1) is 14.0. The van der Waals surface area contributed by atoms with Gasteiger partial charge >= 0.3 is 0 Å². The highest BCUT2D eigenvalue weighted by Gasteiger charge is 2.41. The van der Waals surface area contributed by atoms with Crippen LogP contribution in [0.5, 0.6) is 0 Å². The average molecular weight is 387 g/mol. The summed E-state index contributed by atoms with van der Waals surface area (Å²) in [4.78, 5) is 24.5. The van der Waals surface area contributed by atoms with Crippen LogP contribution in [0.15, 0.2) is 49.1 Å². The Morgan fingerprint density at radius 3 is 2.72 bits per heavy atom. The van der Waals surface area contributed by atoms with Crippen LogP contribution in [-0.4, -0.2) is 42.1 Å². The molecule has 29 heavy (non-hydrogen) atoms. The molecule has 0 saturated heterocycles. The van der Waals surface area contributed by atoms with E-state index in [0.29, 0.717) is 5.95 Å². The summed E-state index contributed by atoms with van der Waals surface area (Å²) >= 11 is 0. The van der Waals surface area contributed by atoms with Crippen molar-refractivity contribution < 1.29 is 4.79 Å². The van der Waals surface area contributed by atoms with Crippen LogP contribution in [0.3, 0.4) is 0 Å². The van der Waals surface area contributed by atoms with E-state index < -0.39 is 0 Å². The van der Waals surface area contributed by atoms with Crippen LogP contribution in [0.25, 0.3) is 27.7 Å². The first-order valence-electron chi connectivity index (χ1n) is 9.60. The summed E-state index contributed by atoms with van der Waals surface area (Å²) in [6, 6.07) is 8.32. The molecule has 0 unspecified atom stereocenters. The maximum absolute atomic E-state index is 11.3. The molecule has 3 heterocycles. The van der Waals surface area contributed by atoms with Crippen molar-refractivity contribution in [2.45, 2.75) is 38.3 Å². The van der Waals surface area contributed by atoms with Crippen molar-refractivity contribution in [3.63, 3.8) is 0 Å². The highest BCUT2D eigenvalue weighted by Crippen LogP contribution is 2.34. The van der Waals surface area contributed by atoms with E-state index in [0.717, 1.165) is 40.5 Å². The zero-order valence-electron chi connectivity index (χ0n) is 16.3. The van der Waals surface area contributed by atoms with E-state index in [1.54, 1.807) is 19.3 Å². The van der Waals surface area contributed by atoms with E-state index >= 15 is 0 Å². The minimum absolute atomic E-state index is 0.00293. The van der Waals surface area contributed by atoms with E-state index in [2.05, 4.69) is 37.6 Å². The minimum Gasteiger partial charge on any atom is -0.351 e. The van der Waals surface area contributed by atoms with Gasteiger partial charge in [-0.3, -0.25) is 14.8 Å². The number of aromatic nitrogens is 5. The molecular formula is C21H21N7O. The second-order valence-corrected chi connectivity index (χ2v) is 7.89. The van der Waals surface area contributed by atoms with Crippen LogP contribution in [0, 0.1) is 0 Å². The van der Waals surface area contributed by atoms with E-state index in [1.807, 2.05) is 41.2 Å². The normalized spacial score (nSPS) is 21.1. The third kappa shape index (κ3) is 3.26. The number of rotatable bonds is 4. The molecule has 1 saturated carbocycles. The fourth-order valence-corrected chi connectivity index (χ4v) is 4.18. The number of nitrogens with one attached hydrogen (secondary N) is 2. The fraction of sp³-hybridized carbons (Fsp3) is 0.286. The van der Waals surface area contributed by atoms with Crippen LogP contribution >= 0.6 is 0 Å². The van der Waals surface area contributed by atoms with E-state index in [-0.39, 0.29) is 17.5 Å². The Labute approximate surface area is 167 Å². The summed E-state index contributed by atoms with van der Waals surface area (Å²) in [6.45, 7) is 3.61. The zero-order chi connectivity index (χ0) is 20.0. The molecule has 1 aliphatic carbocycles. The van der Waals surface area contributed by atoms with Gasteiger partial charge in [0.05, 0.1) is 22.7 Å². The Kier molecular flexibility index (Phi) is 3.94. The smallest absolute Gasteiger partial charge is 0.241 e. The first-order valence-corrected chi connectivity index (χ1v) is 9.60. The van der Waals surface area contributed by atoms with Gasteiger partial charge in [-0.2, -0.15) is 0 Å². The number of nitrogens with zero attached hydrogens (tertiary/aromatic N) is 5. The number of carbonyl (C=O) groups is 1. The number of amides is 1. The van der Waals surface area contributed by atoms with Crippen LogP contribution in [0.4, 0.5) is 5.95 Å². The number of benzene rings is 1. The van der Waals surface area contributed by atoms with Gasteiger partial charge in [-0.05, 0) is 43.5 Å². The predicted molar refractivity (Wildman–Crippen MR) is 110 cm³/mol. The largest absolute Gasteiger partial charge is 0.351 e. The topological polar surface area (TPSA) is 97.1 Å². The first kappa shape index (κ1) is 17.5. The molecule has 0 radical (unpaired) electrons. The predicted octanol–water partition coefficient (Wildman–Crippen LogP) is 2.81. The number of carbonyl (C=O) groups excluding carboxylic acids is 1. The second kappa shape index (κ2) is 6.51. The number of hydrogen-bond acceptors (Lipinski definition) is 6. The molecular weight excluding hydrogens is 366 g/mol. The summed E-state index contributed by atoms with van der Waals surface area (Å²) in [6.07, 6.45) is 8.85. The van der Waals surface area contributed by atoms with Crippen molar-refractivity contribution in [1.82, 2.24) is 29.9 Å². The lowest BCUT2D eigenvalue weighted by Gasteiger charge is -2.45. The Morgan fingerprint density at radius 1 is 1.14 bits per heavy atom. The molecule has 8 heteroatoms. The van der Waals surface area contributed by atoms with Crippen LogP contribution in [-0.2, 0) is 4.79 Å². The molecule has 0 aliphatic heterocycles. The molecule has 1 aromatic carbocycles. The maximum Gasteiger partial charge on any atom is 0.241 e. The van der Waals surface area contributed by atoms with Gasteiger partial charge in [0.25, 0.3) is 0 Å². The Balaban J connectivity index is 1.37. The quantitative estimate of drug-likeness (QED) is 0.559. The highest BCUT2D eigenvalue weighted by molar-refractivity contribution is 5.87. The van der Waals surface area contributed by atoms with Crippen LogP contribution in [0.2, 0.25) is 0 Å². The van der Waals surface area contributed by atoms with Crippen molar-refractivity contribution >= 4 is 28.4 Å². The standard InChI is InChI=1S/C21H21N7O/c1-13(29)26-21(2)10-15(11-21)25-20-24-12-19-16(5-8-28(19)27-20)14-3-4-17-18(9-14)23-7-6-22-17/h3-9,12,15H,10-11H2,1-2H3,(H,25,27)(H,26,29)/t15-,21-. The van der Waals surface area contributed by atoms with Gasteiger partial charge in [0.1, 0.15) is 0 Å². The van der Waals surface area contributed by atoms with Gasteiger partial charge in [0.2, 0.25) is 11.9 Å². The van der Waals surface area contributed by atoms with Crippen molar-refractivity contribution in [2.24, 2.45) is 0 Å². The lowest BCUT2D eigenvalue weighted by molar-refractivity contribution is -0.121. The Morgan fingerprint density at radius 2 is 1.93 bits per heavy atom. The molecule has 1 amide bonds. The Bertz CT molecular complexity index is 1230. The molecule has 1 aliphatic rings. The summed E-state index contributed by atoms with van der Waals surface area (Å²) < 4.78 is 1.83. The summed E-state index contributed by atoms with van der Waals surface area (Å²) in [5, 5.41) is 11.0. The van der Waals surface area contributed by atoms with Crippen molar-refractivity contribution in [2.75, 3.05) is 5.32 Å². The van der Waals surface area contributed by atoms with Crippen LogP contribution < -0.4 is 10.6 Å². The summed E-state index contributed by atoms with van der Waals surface area (Å²) in [5.41, 5.74) is 4.61. The molecule has 4 aromatic rings. The van der Waals surface area contributed by atoms with Gasteiger partial charge < -0.3 is 10.6 Å². The third-order valence-corrected chi connectivity index (χ3v) is 5.40. The number of fused-ring (bicyclic) bond motifs is 2. The van der Waals surface area contributed by atoms with Gasteiger partial charge in [-0.25, -0.2) is 9.50 Å². The molecule has 0 bridgehead atoms. The average Bonchev–Trinajstić information content (AvgIpc) is 3.09. The third-order valence-electron chi connectivity index (χ3n) is 5.40. The van der Waals surface area contributed by atoms with Crippen molar-refractivity contribution in [3.05, 3.63) is 49.1 Å².